The van der Waals surface area contributed by atoms with Gasteiger partial charge in [-0.2, -0.15) is 13.2 Å². The van der Waals surface area contributed by atoms with E-state index in [1.165, 1.54) is 6.07 Å². The van der Waals surface area contributed by atoms with Gasteiger partial charge in [0.15, 0.2) is 5.92 Å². The number of ether oxygens (including phenoxy) is 1. The van der Waals surface area contributed by atoms with E-state index in [1.54, 1.807) is 12.1 Å². The second kappa shape index (κ2) is 10.8. The maximum absolute atomic E-state index is 13.1. The van der Waals surface area contributed by atoms with Crippen LogP contribution in [0.3, 0.4) is 0 Å². The quantitative estimate of drug-likeness (QED) is 0.328. The van der Waals surface area contributed by atoms with Gasteiger partial charge in [0.2, 0.25) is 5.91 Å². The van der Waals surface area contributed by atoms with Gasteiger partial charge in [-0.3, -0.25) is 14.5 Å². The Morgan fingerprint density at radius 3 is 2.51 bits per heavy atom. The molecule has 10 nitrogen and oxygen atoms in total. The molecule has 1 aliphatic heterocycles. The van der Waals surface area contributed by atoms with E-state index in [4.69, 9.17) is 10.5 Å². The molecule has 13 heteroatoms. The zero-order chi connectivity index (χ0) is 27.6. The van der Waals surface area contributed by atoms with Crippen LogP contribution in [0.5, 0.6) is 0 Å². The summed E-state index contributed by atoms with van der Waals surface area (Å²) < 4.78 is 44.7. The largest absolute Gasteiger partial charge is 0.433 e. The van der Waals surface area contributed by atoms with Gasteiger partial charge in [0.05, 0.1) is 24.2 Å². The van der Waals surface area contributed by atoms with E-state index in [0.717, 1.165) is 44.6 Å². The molecule has 5 rings (SSSR count). The predicted molar refractivity (Wildman–Crippen MR) is 135 cm³/mol. The van der Waals surface area contributed by atoms with E-state index in [9.17, 15) is 22.8 Å². The molecular formula is C26H24F3N7O3. The van der Waals surface area contributed by atoms with Crippen molar-refractivity contribution in [1.82, 2.24) is 24.8 Å². The van der Waals surface area contributed by atoms with Crippen LogP contribution >= 0.6 is 0 Å². The van der Waals surface area contributed by atoms with Crippen LogP contribution in [0.2, 0.25) is 0 Å². The molecule has 202 valence electrons. The van der Waals surface area contributed by atoms with Gasteiger partial charge in [0.25, 0.3) is 5.91 Å². The Labute approximate surface area is 220 Å². The third kappa shape index (κ3) is 6.04. The number of H-pyrrole nitrogens is 1. The van der Waals surface area contributed by atoms with E-state index in [2.05, 4.69) is 30.2 Å². The lowest BCUT2D eigenvalue weighted by molar-refractivity contribution is -0.141. The minimum Gasteiger partial charge on any atom is -0.379 e. The van der Waals surface area contributed by atoms with E-state index in [0.29, 0.717) is 28.4 Å². The fraction of sp³-hybridized carbons (Fsp3) is 0.269. The number of hydrogen-bond donors (Lipinski definition) is 3. The average molecular weight is 540 g/mol. The van der Waals surface area contributed by atoms with Gasteiger partial charge in [-0.15, -0.1) is 0 Å². The molecule has 1 unspecified atom stereocenters. The van der Waals surface area contributed by atoms with Gasteiger partial charge in [-0.25, -0.2) is 15.0 Å². The Kier molecular flexibility index (Phi) is 7.26. The van der Waals surface area contributed by atoms with Crippen molar-refractivity contribution in [1.29, 1.82) is 0 Å². The molecule has 2 aromatic carbocycles. The first-order valence-corrected chi connectivity index (χ1v) is 12.1. The minimum absolute atomic E-state index is 0.0368. The molecule has 2 amide bonds. The summed E-state index contributed by atoms with van der Waals surface area (Å²) in [5.41, 5.74) is 7.08. The molecule has 0 aliphatic carbocycles. The van der Waals surface area contributed by atoms with Gasteiger partial charge < -0.3 is 20.8 Å². The minimum atomic E-state index is -4.72. The lowest BCUT2D eigenvalue weighted by atomic mass is 10.1. The van der Waals surface area contributed by atoms with Crippen LogP contribution in [0.25, 0.3) is 11.0 Å². The molecule has 0 spiro atoms. The standard InChI is InChI=1S/C26H24F3N7O3/c27-26(28,29)20-7-8-31-23(35-20)21(22(30)37)24-33-18-6-3-16(13-19(18)34-24)25(38)32-17-4-1-15(2-5-17)14-36-9-11-39-12-10-36/h1-8,13,21H,9-12,14H2,(H2,30,37)(H,32,38)(H,33,34). The number of nitrogens with one attached hydrogen (secondary N) is 2. The number of carbonyl (C=O) groups is 2. The predicted octanol–water partition coefficient (Wildman–Crippen LogP) is 3.07. The highest BCUT2D eigenvalue weighted by atomic mass is 19.4. The van der Waals surface area contributed by atoms with Crippen LogP contribution < -0.4 is 11.1 Å². The average Bonchev–Trinajstić information content (AvgIpc) is 3.32. The van der Waals surface area contributed by atoms with Gasteiger partial charge >= 0.3 is 6.18 Å². The number of rotatable bonds is 7. The number of nitrogens with two attached hydrogens (primary N) is 1. The molecule has 39 heavy (non-hydrogen) atoms. The van der Waals surface area contributed by atoms with E-state index in [1.807, 2.05) is 24.3 Å². The van der Waals surface area contributed by atoms with Crippen molar-refractivity contribution in [2.75, 3.05) is 31.6 Å². The summed E-state index contributed by atoms with van der Waals surface area (Å²) in [5.74, 6) is -3.28. The number of amides is 2. The molecule has 0 bridgehead atoms. The summed E-state index contributed by atoms with van der Waals surface area (Å²) in [6.45, 7) is 4.00. The Balaban J connectivity index is 1.32. The highest BCUT2D eigenvalue weighted by Crippen LogP contribution is 2.29. The second-order valence-electron chi connectivity index (χ2n) is 9.03. The highest BCUT2D eigenvalue weighted by Gasteiger charge is 2.35. The summed E-state index contributed by atoms with van der Waals surface area (Å²) in [6, 6.07) is 12.9. The Bertz CT molecular complexity index is 1500. The first-order valence-electron chi connectivity index (χ1n) is 12.1. The number of fused-ring (bicyclic) bond motifs is 1. The maximum atomic E-state index is 13.1. The number of morpholine rings is 1. The van der Waals surface area contributed by atoms with Crippen molar-refractivity contribution in [2.45, 2.75) is 18.6 Å². The number of nitrogens with zero attached hydrogens (tertiary/aromatic N) is 4. The normalized spacial score (nSPS) is 15.3. The fourth-order valence-corrected chi connectivity index (χ4v) is 4.28. The summed E-state index contributed by atoms with van der Waals surface area (Å²) in [5, 5.41) is 2.84. The third-order valence-electron chi connectivity index (χ3n) is 6.26. The summed E-state index contributed by atoms with van der Waals surface area (Å²) >= 11 is 0. The van der Waals surface area contributed by atoms with Crippen molar-refractivity contribution in [3.8, 4) is 0 Å². The van der Waals surface area contributed by atoms with Crippen molar-refractivity contribution >= 4 is 28.5 Å². The maximum Gasteiger partial charge on any atom is 0.433 e. The topological polar surface area (TPSA) is 139 Å². The number of imidazole rings is 1. The summed E-state index contributed by atoms with van der Waals surface area (Å²) in [4.78, 5) is 41.8. The smallest absolute Gasteiger partial charge is 0.379 e. The van der Waals surface area contributed by atoms with Gasteiger partial charge in [0.1, 0.15) is 17.3 Å². The van der Waals surface area contributed by atoms with Crippen molar-refractivity contribution in [3.63, 3.8) is 0 Å². The number of benzene rings is 2. The van der Waals surface area contributed by atoms with Crippen LogP contribution in [0, 0.1) is 0 Å². The fourth-order valence-electron chi connectivity index (χ4n) is 4.28. The Hall–Kier alpha value is -4.36. The monoisotopic (exact) mass is 539 g/mol. The van der Waals surface area contributed by atoms with E-state index >= 15 is 0 Å². The SMILES string of the molecule is NC(=O)C(c1nccc(C(F)(F)F)n1)c1nc2ccc(C(=O)Nc3ccc(CN4CCOCC4)cc3)cc2[nH]1. The van der Waals surface area contributed by atoms with Crippen LogP contribution in [0.15, 0.2) is 54.7 Å². The molecule has 3 heterocycles. The molecule has 1 saturated heterocycles. The number of aromatic amines is 1. The Morgan fingerprint density at radius 1 is 1.08 bits per heavy atom. The first-order chi connectivity index (χ1) is 18.7. The van der Waals surface area contributed by atoms with Gasteiger partial charge in [-0.1, -0.05) is 12.1 Å². The molecule has 1 atom stereocenters. The number of alkyl halides is 3. The lowest BCUT2D eigenvalue weighted by Crippen LogP contribution is -2.35. The first kappa shape index (κ1) is 26.3. The second-order valence-corrected chi connectivity index (χ2v) is 9.03. The number of primary amides is 1. The van der Waals surface area contributed by atoms with Crippen LogP contribution in [0.1, 0.15) is 39.2 Å². The van der Waals surface area contributed by atoms with E-state index < -0.39 is 29.5 Å². The van der Waals surface area contributed by atoms with Crippen molar-refractivity contribution in [2.24, 2.45) is 5.73 Å². The van der Waals surface area contributed by atoms with Crippen LogP contribution in [-0.4, -0.2) is 63.0 Å². The Morgan fingerprint density at radius 2 is 1.82 bits per heavy atom. The van der Waals surface area contributed by atoms with E-state index in [-0.39, 0.29) is 11.7 Å². The third-order valence-corrected chi connectivity index (χ3v) is 6.26. The van der Waals surface area contributed by atoms with Crippen molar-refractivity contribution in [3.05, 3.63) is 83.2 Å². The zero-order valence-electron chi connectivity index (χ0n) is 20.5. The van der Waals surface area contributed by atoms with Crippen molar-refractivity contribution < 1.29 is 27.5 Å². The summed E-state index contributed by atoms with van der Waals surface area (Å²) in [7, 11) is 0. The van der Waals surface area contributed by atoms with Crippen LogP contribution in [0.4, 0.5) is 18.9 Å². The summed E-state index contributed by atoms with van der Waals surface area (Å²) in [6.07, 6.45) is -3.82. The molecule has 4 N–H and O–H groups in total. The van der Waals surface area contributed by atoms with Crippen LogP contribution in [-0.2, 0) is 22.3 Å². The molecule has 1 aliphatic rings. The number of carbonyl (C=O) groups excluding carboxylic acids is 2. The van der Waals surface area contributed by atoms with Gasteiger partial charge in [-0.05, 0) is 42.0 Å². The number of aromatic nitrogens is 4. The number of hydrogen-bond acceptors (Lipinski definition) is 7. The molecule has 0 radical (unpaired) electrons. The number of halogens is 3. The number of anilines is 1. The molecule has 0 saturated carbocycles. The molecular weight excluding hydrogens is 515 g/mol. The molecule has 1 fully saturated rings. The molecule has 2 aromatic heterocycles. The molecule has 4 aromatic rings. The lowest BCUT2D eigenvalue weighted by Gasteiger charge is -2.26. The zero-order valence-corrected chi connectivity index (χ0v) is 20.5. The van der Waals surface area contributed by atoms with Gasteiger partial charge in [0, 0.05) is 37.1 Å². The highest BCUT2D eigenvalue weighted by molar-refractivity contribution is 6.06.